The van der Waals surface area contributed by atoms with Crippen LogP contribution in [0.5, 0.6) is 0 Å². The van der Waals surface area contributed by atoms with E-state index in [4.69, 9.17) is 0 Å². The highest BCUT2D eigenvalue weighted by Gasteiger charge is 2.29. The van der Waals surface area contributed by atoms with Crippen LogP contribution in [0.2, 0.25) is 0 Å². The van der Waals surface area contributed by atoms with E-state index in [9.17, 15) is 5.11 Å². The second-order valence-electron chi connectivity index (χ2n) is 6.63. The molecule has 1 aliphatic rings. The number of hydrogen-bond donors (Lipinski definition) is 1. The van der Waals surface area contributed by atoms with Crippen LogP contribution in [-0.4, -0.2) is 41.2 Å². The van der Waals surface area contributed by atoms with Gasteiger partial charge >= 0.3 is 0 Å². The van der Waals surface area contributed by atoms with Gasteiger partial charge in [0.15, 0.2) is 0 Å². The first-order valence-electron chi connectivity index (χ1n) is 8.45. The zero-order chi connectivity index (χ0) is 15.1. The fourth-order valence-corrected chi connectivity index (χ4v) is 3.55. The number of hydrogen-bond acceptors (Lipinski definition) is 3. The molecule has 0 saturated heterocycles. The number of aliphatic hydroxyl groups is 1. The lowest BCUT2D eigenvalue weighted by Crippen LogP contribution is -2.38. The van der Waals surface area contributed by atoms with Gasteiger partial charge in [-0.15, -0.1) is 0 Å². The molecule has 1 aromatic rings. The lowest BCUT2D eigenvalue weighted by Gasteiger charge is -2.35. The van der Waals surface area contributed by atoms with Gasteiger partial charge < -0.3 is 10.0 Å². The molecule has 21 heavy (non-hydrogen) atoms. The largest absolute Gasteiger partial charge is 0.393 e. The Kier molecular flexibility index (Phi) is 6.65. The minimum atomic E-state index is -0.101. The molecule has 0 aromatic carbocycles. The molecule has 1 aliphatic carbocycles. The predicted molar refractivity (Wildman–Crippen MR) is 87.2 cm³/mol. The molecule has 3 nitrogen and oxygen atoms in total. The van der Waals surface area contributed by atoms with Gasteiger partial charge in [0.25, 0.3) is 0 Å². The van der Waals surface area contributed by atoms with E-state index in [0.29, 0.717) is 5.92 Å². The van der Waals surface area contributed by atoms with Crippen LogP contribution in [0.15, 0.2) is 24.4 Å². The van der Waals surface area contributed by atoms with Crippen molar-refractivity contribution in [3.05, 3.63) is 30.1 Å². The Morgan fingerprint density at radius 2 is 2.19 bits per heavy atom. The lowest BCUT2D eigenvalue weighted by molar-refractivity contribution is 0.0300. The maximum Gasteiger partial charge on any atom is 0.0580 e. The van der Waals surface area contributed by atoms with Gasteiger partial charge in [-0.25, -0.2) is 0 Å². The summed E-state index contributed by atoms with van der Waals surface area (Å²) in [7, 11) is 2.17. The summed E-state index contributed by atoms with van der Waals surface area (Å²) in [4.78, 5) is 6.73. The van der Waals surface area contributed by atoms with E-state index in [-0.39, 0.29) is 6.10 Å². The number of nitrogens with zero attached hydrogens (tertiary/aromatic N) is 2. The van der Waals surface area contributed by atoms with Crippen molar-refractivity contribution < 1.29 is 5.11 Å². The lowest BCUT2D eigenvalue weighted by atomic mass is 9.77. The van der Waals surface area contributed by atoms with Gasteiger partial charge in [-0.05, 0) is 50.3 Å². The molecule has 0 aliphatic heterocycles. The summed E-state index contributed by atoms with van der Waals surface area (Å²) in [5, 5.41) is 10.3. The minimum absolute atomic E-state index is 0.101. The number of rotatable bonds is 7. The number of aromatic nitrogens is 1. The van der Waals surface area contributed by atoms with E-state index in [1.54, 1.807) is 0 Å². The smallest absolute Gasteiger partial charge is 0.0580 e. The van der Waals surface area contributed by atoms with Crippen LogP contribution in [0.25, 0.3) is 0 Å². The number of pyridine rings is 1. The maximum absolute atomic E-state index is 10.3. The summed E-state index contributed by atoms with van der Waals surface area (Å²) in [6, 6.07) is 6.09. The summed E-state index contributed by atoms with van der Waals surface area (Å²) in [5.74, 6) is 1.27. The van der Waals surface area contributed by atoms with Gasteiger partial charge in [-0.1, -0.05) is 25.8 Å². The van der Waals surface area contributed by atoms with Gasteiger partial charge in [-0.2, -0.15) is 0 Å². The third kappa shape index (κ3) is 5.40. The average molecular weight is 290 g/mol. The normalized spacial score (nSPS) is 26.2. The fourth-order valence-electron chi connectivity index (χ4n) is 3.55. The van der Waals surface area contributed by atoms with Gasteiger partial charge in [0.2, 0.25) is 0 Å². The highest BCUT2D eigenvalue weighted by atomic mass is 16.3. The molecule has 3 atom stereocenters. The second kappa shape index (κ2) is 8.50. The van der Waals surface area contributed by atoms with E-state index in [0.717, 1.165) is 37.5 Å². The van der Waals surface area contributed by atoms with Gasteiger partial charge in [0, 0.05) is 31.4 Å². The molecule has 0 bridgehead atoms. The third-order valence-corrected chi connectivity index (χ3v) is 4.77. The molecule has 1 N–H and O–H groups in total. The van der Waals surface area contributed by atoms with E-state index in [2.05, 4.69) is 29.9 Å². The second-order valence-corrected chi connectivity index (χ2v) is 6.63. The van der Waals surface area contributed by atoms with Crippen molar-refractivity contribution in [2.75, 3.05) is 20.1 Å². The van der Waals surface area contributed by atoms with Crippen LogP contribution in [-0.2, 0) is 6.42 Å². The Morgan fingerprint density at radius 3 is 2.90 bits per heavy atom. The fraction of sp³-hybridized carbons (Fsp3) is 0.722. The molecule has 1 aromatic heterocycles. The highest BCUT2D eigenvalue weighted by molar-refractivity contribution is 5.03. The summed E-state index contributed by atoms with van der Waals surface area (Å²) >= 11 is 0. The van der Waals surface area contributed by atoms with Crippen molar-refractivity contribution in [2.24, 2.45) is 11.8 Å². The third-order valence-electron chi connectivity index (χ3n) is 4.77. The average Bonchev–Trinajstić information content (AvgIpc) is 2.50. The monoisotopic (exact) mass is 290 g/mol. The van der Waals surface area contributed by atoms with Gasteiger partial charge in [0.1, 0.15) is 0 Å². The van der Waals surface area contributed by atoms with Gasteiger partial charge in [0.05, 0.1) is 6.10 Å². The molecule has 3 heteroatoms. The molecule has 1 saturated carbocycles. The maximum atomic E-state index is 10.3. The van der Waals surface area contributed by atoms with Crippen molar-refractivity contribution in [3.8, 4) is 0 Å². The van der Waals surface area contributed by atoms with Crippen LogP contribution in [0, 0.1) is 11.8 Å². The Bertz CT molecular complexity index is 395. The number of aliphatic hydroxyl groups excluding tert-OH is 1. The predicted octanol–water partition coefficient (Wildman–Crippen LogP) is 3.13. The van der Waals surface area contributed by atoms with Crippen molar-refractivity contribution in [3.63, 3.8) is 0 Å². The van der Waals surface area contributed by atoms with E-state index >= 15 is 0 Å². The first-order chi connectivity index (χ1) is 10.2. The van der Waals surface area contributed by atoms with Crippen LogP contribution < -0.4 is 0 Å². The van der Waals surface area contributed by atoms with Crippen molar-refractivity contribution >= 4 is 0 Å². The van der Waals surface area contributed by atoms with Crippen LogP contribution >= 0.6 is 0 Å². The zero-order valence-electron chi connectivity index (χ0n) is 13.5. The summed E-state index contributed by atoms with van der Waals surface area (Å²) < 4.78 is 0. The van der Waals surface area contributed by atoms with Crippen molar-refractivity contribution in [2.45, 2.75) is 51.6 Å². The molecule has 3 unspecified atom stereocenters. The molecule has 2 rings (SSSR count). The zero-order valence-corrected chi connectivity index (χ0v) is 13.5. The molecular weight excluding hydrogens is 260 g/mol. The molecule has 0 spiro atoms. The van der Waals surface area contributed by atoms with E-state index in [1.807, 2.05) is 18.3 Å². The van der Waals surface area contributed by atoms with Crippen LogP contribution in [0.1, 0.15) is 44.7 Å². The Balaban J connectivity index is 1.76. The Hall–Kier alpha value is -0.930. The van der Waals surface area contributed by atoms with Crippen molar-refractivity contribution in [1.29, 1.82) is 0 Å². The quantitative estimate of drug-likeness (QED) is 0.838. The Labute approximate surface area is 129 Å². The topological polar surface area (TPSA) is 36.4 Å². The van der Waals surface area contributed by atoms with Gasteiger partial charge in [-0.3, -0.25) is 4.98 Å². The summed E-state index contributed by atoms with van der Waals surface area (Å²) in [6.07, 6.45) is 8.73. The highest BCUT2D eigenvalue weighted by Crippen LogP contribution is 2.32. The summed E-state index contributed by atoms with van der Waals surface area (Å²) in [6.45, 7) is 4.28. The molecular formula is C18H30N2O. The SMILES string of the molecule is CCCC1CCC(O)C(CN(C)CCc2ccccn2)C1. The van der Waals surface area contributed by atoms with E-state index in [1.165, 1.54) is 25.7 Å². The molecule has 1 heterocycles. The molecule has 0 radical (unpaired) electrons. The first kappa shape index (κ1) is 16.4. The summed E-state index contributed by atoms with van der Waals surface area (Å²) in [5.41, 5.74) is 1.15. The van der Waals surface area contributed by atoms with E-state index < -0.39 is 0 Å². The van der Waals surface area contributed by atoms with Crippen LogP contribution in [0.4, 0.5) is 0 Å². The van der Waals surface area contributed by atoms with Crippen LogP contribution in [0.3, 0.4) is 0 Å². The van der Waals surface area contributed by atoms with Crippen molar-refractivity contribution in [1.82, 2.24) is 9.88 Å². The molecule has 118 valence electrons. The Morgan fingerprint density at radius 1 is 1.33 bits per heavy atom. The molecule has 1 fully saturated rings. The number of likely N-dealkylation sites (N-methyl/N-ethyl adjacent to an activating group) is 1. The standard InChI is InChI=1S/C18H30N2O/c1-3-6-15-8-9-18(21)16(13-15)14-20(2)12-10-17-7-4-5-11-19-17/h4-5,7,11,15-16,18,21H,3,6,8-10,12-14H2,1-2H3. The first-order valence-corrected chi connectivity index (χ1v) is 8.45. The minimum Gasteiger partial charge on any atom is -0.393 e. The molecule has 0 amide bonds.